The number of nitrogens with zero attached hydrogens (tertiary/aromatic N) is 2. The van der Waals surface area contributed by atoms with Crippen molar-refractivity contribution in [3.63, 3.8) is 0 Å². The van der Waals surface area contributed by atoms with E-state index in [1.807, 2.05) is 4.98 Å². The number of esters is 1. The molecule has 0 aliphatic rings. The van der Waals surface area contributed by atoms with Crippen molar-refractivity contribution < 1.29 is 9.53 Å². The smallest absolute Gasteiger partial charge is 0.328 e. The molecule has 0 fully saturated rings. The molecular weight excluding hydrogens is 324 g/mol. The van der Waals surface area contributed by atoms with E-state index in [0.29, 0.717) is 10.2 Å². The molecular formula is C13H10N4O5S. The van der Waals surface area contributed by atoms with Crippen LogP contribution >= 0.6 is 11.3 Å². The van der Waals surface area contributed by atoms with Gasteiger partial charge >= 0.3 is 11.7 Å². The van der Waals surface area contributed by atoms with Gasteiger partial charge in [0.25, 0.3) is 11.1 Å². The molecule has 0 amide bonds. The van der Waals surface area contributed by atoms with Crippen LogP contribution < -0.4 is 16.8 Å². The van der Waals surface area contributed by atoms with Gasteiger partial charge in [-0.3, -0.25) is 23.9 Å². The number of aromatic amines is 2. The van der Waals surface area contributed by atoms with Crippen molar-refractivity contribution in [3.8, 4) is 0 Å². The summed E-state index contributed by atoms with van der Waals surface area (Å²) >= 11 is 1.27. The molecule has 0 radical (unpaired) electrons. The number of thiophene rings is 1. The number of nitrogens with one attached hydrogen (secondary N) is 2. The third-order valence-electron chi connectivity index (χ3n) is 2.93. The number of carbonyl (C=O) groups is 1. The zero-order valence-electron chi connectivity index (χ0n) is 11.6. The molecule has 0 bridgehead atoms. The van der Waals surface area contributed by atoms with E-state index in [1.165, 1.54) is 17.5 Å². The van der Waals surface area contributed by atoms with Crippen molar-refractivity contribution in [2.24, 2.45) is 0 Å². The van der Waals surface area contributed by atoms with E-state index in [2.05, 4.69) is 9.97 Å². The second-order valence-corrected chi connectivity index (χ2v) is 5.46. The highest BCUT2D eigenvalue weighted by Gasteiger charge is 2.09. The zero-order valence-corrected chi connectivity index (χ0v) is 12.4. The van der Waals surface area contributed by atoms with Crippen molar-refractivity contribution in [1.82, 2.24) is 19.5 Å². The Labute approximate surface area is 131 Å². The minimum absolute atomic E-state index is 0.211. The predicted molar refractivity (Wildman–Crippen MR) is 81.4 cm³/mol. The van der Waals surface area contributed by atoms with Gasteiger partial charge in [-0.15, -0.1) is 11.3 Å². The van der Waals surface area contributed by atoms with Gasteiger partial charge in [-0.05, 0) is 11.4 Å². The number of aromatic nitrogens is 4. The number of rotatable bonds is 4. The summed E-state index contributed by atoms with van der Waals surface area (Å²) in [5, 5.41) is 1.74. The second kappa shape index (κ2) is 6.01. The van der Waals surface area contributed by atoms with Crippen LogP contribution in [0.5, 0.6) is 0 Å². The van der Waals surface area contributed by atoms with Crippen LogP contribution in [0.25, 0.3) is 10.2 Å². The first kappa shape index (κ1) is 14.9. The molecule has 0 aromatic carbocycles. The number of H-pyrrole nitrogens is 2. The van der Waals surface area contributed by atoms with Gasteiger partial charge in [-0.25, -0.2) is 9.78 Å². The summed E-state index contributed by atoms with van der Waals surface area (Å²) in [6.07, 6.45) is 1.19. The van der Waals surface area contributed by atoms with E-state index in [1.54, 1.807) is 11.4 Å². The van der Waals surface area contributed by atoms with E-state index in [4.69, 9.17) is 4.74 Å². The normalized spacial score (nSPS) is 10.8. The Kier molecular flexibility index (Phi) is 3.89. The molecule has 3 aromatic heterocycles. The molecule has 0 spiro atoms. The highest BCUT2D eigenvalue weighted by Crippen LogP contribution is 2.13. The third-order valence-corrected chi connectivity index (χ3v) is 3.83. The first-order valence-corrected chi connectivity index (χ1v) is 7.33. The fourth-order valence-electron chi connectivity index (χ4n) is 1.89. The van der Waals surface area contributed by atoms with Gasteiger partial charge in [-0.1, -0.05) is 0 Å². The quantitative estimate of drug-likeness (QED) is 0.624. The summed E-state index contributed by atoms with van der Waals surface area (Å²) in [5.41, 5.74) is -1.03. The van der Waals surface area contributed by atoms with E-state index in [9.17, 15) is 19.2 Å². The maximum Gasteiger partial charge on any atom is 0.328 e. The monoisotopic (exact) mass is 334 g/mol. The summed E-state index contributed by atoms with van der Waals surface area (Å²) in [6, 6.07) is 2.82. The number of carbonyl (C=O) groups excluding carboxylic acids is 1. The van der Waals surface area contributed by atoms with Crippen molar-refractivity contribution in [2.45, 2.75) is 13.2 Å². The summed E-state index contributed by atoms with van der Waals surface area (Å²) < 4.78 is 6.48. The van der Waals surface area contributed by atoms with Crippen molar-refractivity contribution in [2.75, 3.05) is 0 Å². The molecule has 9 nitrogen and oxygen atoms in total. The molecule has 0 unspecified atom stereocenters. The molecule has 2 N–H and O–H groups in total. The zero-order chi connectivity index (χ0) is 16.4. The fraction of sp³-hybridized carbons (Fsp3) is 0.154. The van der Waals surface area contributed by atoms with Crippen molar-refractivity contribution in [1.29, 1.82) is 0 Å². The SMILES string of the molecule is O=C(Cn1ccc(=O)[nH]c1=O)OCc1nc2ccsc2c(=O)[nH]1. The topological polar surface area (TPSA) is 127 Å². The van der Waals surface area contributed by atoms with Gasteiger partial charge in [0.1, 0.15) is 23.7 Å². The Morgan fingerprint density at radius 3 is 2.87 bits per heavy atom. The molecule has 0 aliphatic carbocycles. The van der Waals surface area contributed by atoms with E-state index in [-0.39, 0.29) is 24.5 Å². The van der Waals surface area contributed by atoms with Crippen LogP contribution in [0.2, 0.25) is 0 Å². The first-order valence-electron chi connectivity index (χ1n) is 6.45. The molecule has 118 valence electrons. The lowest BCUT2D eigenvalue weighted by Crippen LogP contribution is -2.31. The van der Waals surface area contributed by atoms with Crippen LogP contribution in [0.4, 0.5) is 0 Å². The molecule has 0 saturated carbocycles. The first-order chi connectivity index (χ1) is 11.0. The van der Waals surface area contributed by atoms with Crippen LogP contribution in [0, 0.1) is 0 Å². The molecule has 0 atom stereocenters. The van der Waals surface area contributed by atoms with Crippen molar-refractivity contribution in [3.05, 3.63) is 60.7 Å². The maximum atomic E-state index is 11.8. The number of ether oxygens (including phenoxy) is 1. The van der Waals surface area contributed by atoms with Crippen LogP contribution in [0.3, 0.4) is 0 Å². The largest absolute Gasteiger partial charge is 0.456 e. The Morgan fingerprint density at radius 1 is 1.26 bits per heavy atom. The molecule has 3 heterocycles. The van der Waals surface area contributed by atoms with Gasteiger partial charge in [0.05, 0.1) is 5.52 Å². The third kappa shape index (κ3) is 3.26. The lowest BCUT2D eigenvalue weighted by atomic mass is 10.4. The lowest BCUT2D eigenvalue weighted by Gasteiger charge is -2.06. The molecule has 10 heteroatoms. The fourth-order valence-corrected chi connectivity index (χ4v) is 2.62. The highest BCUT2D eigenvalue weighted by atomic mass is 32.1. The molecule has 0 aliphatic heterocycles. The van der Waals surface area contributed by atoms with Gasteiger partial charge in [0, 0.05) is 12.3 Å². The summed E-state index contributed by atoms with van der Waals surface area (Å²) in [6.45, 7) is -0.585. The van der Waals surface area contributed by atoms with Gasteiger partial charge in [0.2, 0.25) is 0 Å². The van der Waals surface area contributed by atoms with Gasteiger partial charge in [0.15, 0.2) is 0 Å². The molecule has 0 saturated heterocycles. The number of fused-ring (bicyclic) bond motifs is 1. The van der Waals surface area contributed by atoms with Crippen LogP contribution in [-0.2, 0) is 22.7 Å². The Hall–Kier alpha value is -3.01. The Balaban J connectivity index is 1.69. The van der Waals surface area contributed by atoms with E-state index < -0.39 is 17.2 Å². The minimum Gasteiger partial charge on any atom is -0.456 e. The van der Waals surface area contributed by atoms with Crippen LogP contribution in [0.15, 0.2) is 38.1 Å². The average Bonchev–Trinajstić information content (AvgIpc) is 2.97. The number of hydrogen-bond donors (Lipinski definition) is 2. The Bertz CT molecular complexity index is 1040. The lowest BCUT2D eigenvalue weighted by molar-refractivity contribution is -0.146. The minimum atomic E-state index is -0.708. The Morgan fingerprint density at radius 2 is 2.09 bits per heavy atom. The second-order valence-electron chi connectivity index (χ2n) is 4.55. The summed E-state index contributed by atoms with van der Waals surface area (Å²) in [5.74, 6) is -0.490. The van der Waals surface area contributed by atoms with E-state index >= 15 is 0 Å². The summed E-state index contributed by atoms with van der Waals surface area (Å²) in [7, 11) is 0. The maximum absolute atomic E-state index is 11.8. The predicted octanol–water partition coefficient (Wildman–Crippen LogP) is -0.422. The van der Waals surface area contributed by atoms with Gasteiger partial charge in [-0.2, -0.15) is 0 Å². The average molecular weight is 334 g/mol. The van der Waals surface area contributed by atoms with E-state index in [0.717, 1.165) is 10.6 Å². The van der Waals surface area contributed by atoms with Crippen LogP contribution in [-0.4, -0.2) is 25.5 Å². The van der Waals surface area contributed by atoms with Crippen LogP contribution in [0.1, 0.15) is 5.82 Å². The van der Waals surface area contributed by atoms with Crippen molar-refractivity contribution >= 4 is 27.5 Å². The number of hydrogen-bond acceptors (Lipinski definition) is 7. The molecule has 3 aromatic rings. The standard InChI is InChI=1S/C13H10N4O5S/c18-9-1-3-17(13(21)16-9)5-10(19)22-6-8-14-7-2-4-23-11(7)12(20)15-8/h1-4H,5-6H2,(H,14,15,20)(H,16,18,21). The molecule has 3 rings (SSSR count). The molecule has 23 heavy (non-hydrogen) atoms. The van der Waals surface area contributed by atoms with Gasteiger partial charge < -0.3 is 9.72 Å². The highest BCUT2D eigenvalue weighted by molar-refractivity contribution is 7.17. The summed E-state index contributed by atoms with van der Waals surface area (Å²) in [4.78, 5) is 54.6.